The van der Waals surface area contributed by atoms with Crippen LogP contribution in [0.3, 0.4) is 0 Å². The number of carbonyl (C=O) groups is 2. The van der Waals surface area contributed by atoms with Crippen LogP contribution in [-0.2, 0) is 9.59 Å². The first kappa shape index (κ1) is 16.3. The Kier molecular flexibility index (Phi) is 5.41. The van der Waals surface area contributed by atoms with Crippen molar-refractivity contribution in [2.45, 2.75) is 32.7 Å². The van der Waals surface area contributed by atoms with Crippen molar-refractivity contribution in [1.82, 2.24) is 10.2 Å². The molecule has 0 radical (unpaired) electrons. The van der Waals surface area contributed by atoms with Gasteiger partial charge in [-0.1, -0.05) is 19.1 Å². The van der Waals surface area contributed by atoms with Gasteiger partial charge in [0, 0.05) is 19.5 Å². The lowest BCUT2D eigenvalue weighted by Crippen LogP contribution is -2.35. The van der Waals surface area contributed by atoms with Gasteiger partial charge in [-0.25, -0.2) is 0 Å². The van der Waals surface area contributed by atoms with Crippen LogP contribution in [0.4, 0.5) is 0 Å². The van der Waals surface area contributed by atoms with Crippen molar-refractivity contribution in [1.29, 1.82) is 0 Å². The Hall–Kier alpha value is -2.04. The smallest absolute Gasteiger partial charge is 0.226 e. The number of ether oxygens (including phenoxy) is 1. The van der Waals surface area contributed by atoms with Crippen LogP contribution >= 0.6 is 0 Å². The van der Waals surface area contributed by atoms with Crippen LogP contribution in [0.2, 0.25) is 0 Å². The number of rotatable bonds is 6. The van der Waals surface area contributed by atoms with Gasteiger partial charge in [0.15, 0.2) is 0 Å². The van der Waals surface area contributed by atoms with Gasteiger partial charge < -0.3 is 15.0 Å². The number of hydrogen-bond acceptors (Lipinski definition) is 3. The van der Waals surface area contributed by atoms with Gasteiger partial charge in [-0.3, -0.25) is 9.59 Å². The number of nitrogens with zero attached hydrogens (tertiary/aromatic N) is 1. The lowest BCUT2D eigenvalue weighted by atomic mass is 9.92. The van der Waals surface area contributed by atoms with Crippen molar-refractivity contribution in [2.24, 2.45) is 5.92 Å². The number of benzene rings is 1. The first-order chi connectivity index (χ1) is 10.6. The quantitative estimate of drug-likeness (QED) is 0.876. The second kappa shape index (κ2) is 7.29. The zero-order valence-electron chi connectivity index (χ0n) is 13.5. The van der Waals surface area contributed by atoms with E-state index in [2.05, 4.69) is 5.32 Å². The molecule has 2 rings (SSSR count). The van der Waals surface area contributed by atoms with Gasteiger partial charge in [0.25, 0.3) is 0 Å². The van der Waals surface area contributed by atoms with Gasteiger partial charge in [-0.2, -0.15) is 0 Å². The highest BCUT2D eigenvalue weighted by molar-refractivity contribution is 5.90. The van der Waals surface area contributed by atoms with Crippen LogP contribution in [0, 0.1) is 5.92 Å². The van der Waals surface area contributed by atoms with E-state index in [0.29, 0.717) is 13.1 Å². The fraction of sp³-hybridized carbons (Fsp3) is 0.529. The average molecular weight is 304 g/mol. The molecule has 1 heterocycles. The van der Waals surface area contributed by atoms with Crippen molar-refractivity contribution in [2.75, 3.05) is 20.2 Å². The van der Waals surface area contributed by atoms with Crippen LogP contribution in [0.25, 0.3) is 0 Å². The summed E-state index contributed by atoms with van der Waals surface area (Å²) in [5.74, 6) is 0.447. The second-order valence-corrected chi connectivity index (χ2v) is 5.50. The Labute approximate surface area is 131 Å². The van der Waals surface area contributed by atoms with E-state index in [1.165, 1.54) is 0 Å². The summed E-state index contributed by atoms with van der Waals surface area (Å²) in [7, 11) is 1.62. The molecule has 1 aromatic rings. The Morgan fingerprint density at radius 3 is 2.55 bits per heavy atom. The van der Waals surface area contributed by atoms with E-state index >= 15 is 0 Å². The standard InChI is InChI=1S/C17H24N2O3/c1-4-10-18-17(21)14-11-15(20)19(5-2)16(14)12-6-8-13(22-3)9-7-12/h6-9,14,16H,4-5,10-11H2,1-3H3,(H,18,21)/t14-,16+/m1/s1. The van der Waals surface area contributed by atoms with E-state index in [-0.39, 0.29) is 30.2 Å². The van der Waals surface area contributed by atoms with E-state index < -0.39 is 0 Å². The van der Waals surface area contributed by atoms with Gasteiger partial charge in [0.2, 0.25) is 11.8 Å². The molecule has 5 heteroatoms. The molecular weight excluding hydrogens is 280 g/mol. The zero-order chi connectivity index (χ0) is 16.1. The van der Waals surface area contributed by atoms with Gasteiger partial charge in [0.05, 0.1) is 19.1 Å². The third-order valence-corrected chi connectivity index (χ3v) is 4.12. The van der Waals surface area contributed by atoms with Crippen LogP contribution in [-0.4, -0.2) is 36.9 Å². The lowest BCUT2D eigenvalue weighted by molar-refractivity contribution is -0.129. The molecule has 1 aliphatic rings. The molecule has 0 bridgehead atoms. The predicted octanol–water partition coefficient (Wildman–Crippen LogP) is 2.13. The summed E-state index contributed by atoms with van der Waals surface area (Å²) in [5, 5.41) is 2.92. The molecule has 0 aliphatic carbocycles. The molecule has 0 aromatic heterocycles. The summed E-state index contributed by atoms with van der Waals surface area (Å²) in [5.41, 5.74) is 0.977. The maximum atomic E-state index is 12.4. The number of hydrogen-bond donors (Lipinski definition) is 1. The second-order valence-electron chi connectivity index (χ2n) is 5.50. The molecule has 1 fully saturated rings. The highest BCUT2D eigenvalue weighted by Gasteiger charge is 2.43. The van der Waals surface area contributed by atoms with Crippen molar-refractivity contribution >= 4 is 11.8 Å². The van der Waals surface area contributed by atoms with E-state index in [1.54, 1.807) is 12.0 Å². The lowest BCUT2D eigenvalue weighted by Gasteiger charge is -2.27. The summed E-state index contributed by atoms with van der Waals surface area (Å²) in [6, 6.07) is 7.41. The van der Waals surface area contributed by atoms with Crippen LogP contribution in [0.15, 0.2) is 24.3 Å². The Morgan fingerprint density at radius 2 is 2.00 bits per heavy atom. The molecule has 1 aliphatic heterocycles. The van der Waals surface area contributed by atoms with Crippen molar-refractivity contribution in [3.05, 3.63) is 29.8 Å². The molecule has 1 aromatic carbocycles. The van der Waals surface area contributed by atoms with E-state index in [9.17, 15) is 9.59 Å². The first-order valence-electron chi connectivity index (χ1n) is 7.83. The molecular formula is C17H24N2O3. The van der Waals surface area contributed by atoms with Crippen molar-refractivity contribution in [3.63, 3.8) is 0 Å². The van der Waals surface area contributed by atoms with Gasteiger partial charge in [-0.15, -0.1) is 0 Å². The molecule has 2 atom stereocenters. The zero-order valence-corrected chi connectivity index (χ0v) is 13.5. The predicted molar refractivity (Wildman–Crippen MR) is 84.5 cm³/mol. The maximum absolute atomic E-state index is 12.4. The number of methoxy groups -OCH3 is 1. The SMILES string of the molecule is CCCNC(=O)[C@@H]1CC(=O)N(CC)[C@H]1c1ccc(OC)cc1. The first-order valence-corrected chi connectivity index (χ1v) is 7.83. The van der Waals surface area contributed by atoms with Crippen molar-refractivity contribution < 1.29 is 14.3 Å². The highest BCUT2D eigenvalue weighted by atomic mass is 16.5. The Morgan fingerprint density at radius 1 is 1.32 bits per heavy atom. The molecule has 2 amide bonds. The van der Waals surface area contributed by atoms with Crippen molar-refractivity contribution in [3.8, 4) is 5.75 Å². The molecule has 120 valence electrons. The number of nitrogens with one attached hydrogen (secondary N) is 1. The fourth-order valence-electron chi connectivity index (χ4n) is 2.99. The molecule has 22 heavy (non-hydrogen) atoms. The van der Waals surface area contributed by atoms with E-state index in [1.807, 2.05) is 38.1 Å². The van der Waals surface area contributed by atoms with Crippen LogP contribution < -0.4 is 10.1 Å². The number of carbonyl (C=O) groups excluding carboxylic acids is 2. The molecule has 0 saturated carbocycles. The molecule has 1 saturated heterocycles. The summed E-state index contributed by atoms with van der Waals surface area (Å²) >= 11 is 0. The monoisotopic (exact) mass is 304 g/mol. The van der Waals surface area contributed by atoms with Crippen LogP contribution in [0.5, 0.6) is 5.75 Å². The summed E-state index contributed by atoms with van der Waals surface area (Å²) in [6.45, 7) is 5.21. The third-order valence-electron chi connectivity index (χ3n) is 4.12. The number of likely N-dealkylation sites (tertiary alicyclic amines) is 1. The van der Waals surface area contributed by atoms with Gasteiger partial charge in [-0.05, 0) is 31.0 Å². The van der Waals surface area contributed by atoms with E-state index in [4.69, 9.17) is 4.74 Å². The van der Waals surface area contributed by atoms with Crippen LogP contribution in [0.1, 0.15) is 38.3 Å². The Bertz CT molecular complexity index is 527. The third kappa shape index (κ3) is 3.24. The minimum absolute atomic E-state index is 0.0352. The largest absolute Gasteiger partial charge is 0.497 e. The molecule has 1 N–H and O–H groups in total. The minimum atomic E-state index is -0.326. The summed E-state index contributed by atoms with van der Waals surface area (Å²) in [4.78, 5) is 26.4. The average Bonchev–Trinajstić information content (AvgIpc) is 2.89. The summed E-state index contributed by atoms with van der Waals surface area (Å²) < 4.78 is 5.17. The Balaban J connectivity index is 2.27. The normalized spacial score (nSPS) is 21.0. The number of amides is 2. The molecule has 5 nitrogen and oxygen atoms in total. The summed E-state index contributed by atoms with van der Waals surface area (Å²) in [6.07, 6.45) is 1.16. The maximum Gasteiger partial charge on any atom is 0.226 e. The van der Waals surface area contributed by atoms with E-state index in [0.717, 1.165) is 17.7 Å². The molecule has 0 unspecified atom stereocenters. The highest BCUT2D eigenvalue weighted by Crippen LogP contribution is 2.38. The fourth-order valence-corrected chi connectivity index (χ4v) is 2.99. The molecule has 0 spiro atoms. The van der Waals surface area contributed by atoms with Gasteiger partial charge >= 0.3 is 0 Å². The van der Waals surface area contributed by atoms with Gasteiger partial charge in [0.1, 0.15) is 5.75 Å². The topological polar surface area (TPSA) is 58.6 Å². The minimum Gasteiger partial charge on any atom is -0.497 e.